The highest BCUT2D eigenvalue weighted by Gasteiger charge is 2.09. The van der Waals surface area contributed by atoms with Gasteiger partial charge in [-0.3, -0.25) is 0 Å². The van der Waals surface area contributed by atoms with Crippen LogP contribution in [-0.4, -0.2) is 4.98 Å². The molecule has 2 heteroatoms. The molecule has 1 N–H and O–H groups in total. The van der Waals surface area contributed by atoms with Crippen molar-refractivity contribution in [3.05, 3.63) is 59.5 Å². The molecular weight excluding hydrogens is 250 g/mol. The first-order chi connectivity index (χ1) is 9.33. The second-order valence-corrected chi connectivity index (χ2v) is 6.10. The van der Waals surface area contributed by atoms with Crippen molar-refractivity contribution in [2.24, 2.45) is 0 Å². The topological polar surface area (TPSA) is 15.8 Å². The molecular formula is C17H13NS. The summed E-state index contributed by atoms with van der Waals surface area (Å²) in [6.07, 6.45) is 0. The first-order valence-electron chi connectivity index (χ1n) is 6.39. The highest BCUT2D eigenvalue weighted by molar-refractivity contribution is 7.15. The molecule has 2 aromatic heterocycles. The Labute approximate surface area is 115 Å². The number of aryl methyl sites for hydroxylation is 1. The molecule has 0 bridgehead atoms. The van der Waals surface area contributed by atoms with Gasteiger partial charge < -0.3 is 4.98 Å². The molecule has 0 aliphatic carbocycles. The number of rotatable bonds is 1. The first kappa shape index (κ1) is 10.8. The third-order valence-electron chi connectivity index (χ3n) is 3.55. The van der Waals surface area contributed by atoms with Gasteiger partial charge in [0.25, 0.3) is 0 Å². The molecule has 0 amide bonds. The third kappa shape index (κ3) is 1.60. The van der Waals surface area contributed by atoms with E-state index in [9.17, 15) is 0 Å². The van der Waals surface area contributed by atoms with E-state index in [1.54, 1.807) is 0 Å². The van der Waals surface area contributed by atoms with Gasteiger partial charge in [-0.2, -0.15) is 0 Å². The molecule has 0 atom stereocenters. The Kier molecular flexibility index (Phi) is 2.26. The number of fused-ring (bicyclic) bond motifs is 3. The smallest absolute Gasteiger partial charge is 0.0552 e. The van der Waals surface area contributed by atoms with Crippen LogP contribution < -0.4 is 0 Å². The highest BCUT2D eigenvalue weighted by Crippen LogP contribution is 2.35. The van der Waals surface area contributed by atoms with Gasteiger partial charge >= 0.3 is 0 Å². The molecule has 4 aromatic rings. The SMILES string of the molecule is Cc1ccc(-c2cccc3c2[nH]c2ccccc23)s1. The Hall–Kier alpha value is -2.06. The summed E-state index contributed by atoms with van der Waals surface area (Å²) in [5, 5.41) is 2.60. The minimum absolute atomic E-state index is 1.21. The summed E-state index contributed by atoms with van der Waals surface area (Å²) < 4.78 is 0. The Morgan fingerprint density at radius 1 is 0.842 bits per heavy atom. The fourth-order valence-electron chi connectivity index (χ4n) is 2.66. The normalized spacial score (nSPS) is 11.4. The predicted octanol–water partition coefficient (Wildman–Crippen LogP) is 5.36. The maximum absolute atomic E-state index is 3.56. The van der Waals surface area contributed by atoms with Crippen LogP contribution in [0, 0.1) is 6.92 Å². The molecule has 0 aliphatic rings. The Bertz CT molecular complexity index is 882. The van der Waals surface area contributed by atoms with Gasteiger partial charge in [-0.1, -0.05) is 36.4 Å². The number of nitrogens with one attached hydrogen (secondary N) is 1. The van der Waals surface area contributed by atoms with E-state index in [4.69, 9.17) is 0 Å². The molecule has 0 saturated carbocycles. The van der Waals surface area contributed by atoms with Crippen LogP contribution in [0.4, 0.5) is 0 Å². The quantitative estimate of drug-likeness (QED) is 0.476. The molecule has 0 aliphatic heterocycles. The molecule has 0 saturated heterocycles. The zero-order valence-corrected chi connectivity index (χ0v) is 11.4. The summed E-state index contributed by atoms with van der Waals surface area (Å²) >= 11 is 1.85. The summed E-state index contributed by atoms with van der Waals surface area (Å²) in [4.78, 5) is 6.24. The molecule has 0 radical (unpaired) electrons. The number of para-hydroxylation sites is 2. The number of benzene rings is 2. The van der Waals surface area contributed by atoms with Crippen LogP contribution in [0.15, 0.2) is 54.6 Å². The Balaban J connectivity index is 2.12. The zero-order valence-electron chi connectivity index (χ0n) is 10.6. The van der Waals surface area contributed by atoms with E-state index in [0.717, 1.165) is 0 Å². The van der Waals surface area contributed by atoms with Crippen molar-refractivity contribution in [1.29, 1.82) is 0 Å². The fourth-order valence-corrected chi connectivity index (χ4v) is 3.56. The maximum atomic E-state index is 3.56. The first-order valence-corrected chi connectivity index (χ1v) is 7.21. The van der Waals surface area contributed by atoms with E-state index in [0.29, 0.717) is 0 Å². The van der Waals surface area contributed by atoms with Crippen molar-refractivity contribution in [3.63, 3.8) is 0 Å². The lowest BCUT2D eigenvalue weighted by molar-refractivity contribution is 1.55. The van der Waals surface area contributed by atoms with Crippen LogP contribution in [0.3, 0.4) is 0 Å². The number of H-pyrrole nitrogens is 1. The number of hydrogen-bond donors (Lipinski definition) is 1. The van der Waals surface area contributed by atoms with Gasteiger partial charge in [0.15, 0.2) is 0 Å². The molecule has 0 unspecified atom stereocenters. The third-order valence-corrected chi connectivity index (χ3v) is 4.58. The van der Waals surface area contributed by atoms with E-state index in [1.807, 2.05) is 11.3 Å². The number of aromatic nitrogens is 1. The number of thiophene rings is 1. The molecule has 1 nitrogen and oxygen atoms in total. The van der Waals surface area contributed by atoms with Gasteiger partial charge in [0.1, 0.15) is 0 Å². The lowest BCUT2D eigenvalue weighted by atomic mass is 10.1. The van der Waals surface area contributed by atoms with Crippen LogP contribution in [0.1, 0.15) is 4.88 Å². The monoisotopic (exact) mass is 263 g/mol. The molecule has 92 valence electrons. The molecule has 4 rings (SSSR count). The minimum Gasteiger partial charge on any atom is -0.354 e. The van der Waals surface area contributed by atoms with Gasteiger partial charge in [0, 0.05) is 31.6 Å². The molecule has 19 heavy (non-hydrogen) atoms. The van der Waals surface area contributed by atoms with E-state index >= 15 is 0 Å². The molecule has 0 spiro atoms. The Morgan fingerprint density at radius 3 is 2.53 bits per heavy atom. The van der Waals surface area contributed by atoms with E-state index in [1.165, 1.54) is 37.1 Å². The van der Waals surface area contributed by atoms with Crippen LogP contribution in [-0.2, 0) is 0 Å². The van der Waals surface area contributed by atoms with Crippen LogP contribution >= 0.6 is 11.3 Å². The van der Waals surface area contributed by atoms with Gasteiger partial charge in [0.2, 0.25) is 0 Å². The van der Waals surface area contributed by atoms with Gasteiger partial charge in [-0.05, 0) is 25.1 Å². The largest absolute Gasteiger partial charge is 0.354 e. The minimum atomic E-state index is 1.21. The van der Waals surface area contributed by atoms with E-state index in [-0.39, 0.29) is 0 Å². The highest BCUT2D eigenvalue weighted by atomic mass is 32.1. The van der Waals surface area contributed by atoms with Gasteiger partial charge in [-0.15, -0.1) is 11.3 Å². The lowest BCUT2D eigenvalue weighted by Gasteiger charge is -1.99. The van der Waals surface area contributed by atoms with Gasteiger partial charge in [0.05, 0.1) is 5.52 Å². The summed E-state index contributed by atoms with van der Waals surface area (Å²) in [5.74, 6) is 0. The van der Waals surface area contributed by atoms with Crippen molar-refractivity contribution in [2.75, 3.05) is 0 Å². The average Bonchev–Trinajstić information content (AvgIpc) is 3.02. The second-order valence-electron chi connectivity index (χ2n) is 4.81. The second kappa shape index (κ2) is 3.97. The van der Waals surface area contributed by atoms with Crippen molar-refractivity contribution in [3.8, 4) is 10.4 Å². The van der Waals surface area contributed by atoms with Gasteiger partial charge in [-0.25, -0.2) is 0 Å². The Morgan fingerprint density at radius 2 is 1.68 bits per heavy atom. The average molecular weight is 263 g/mol. The van der Waals surface area contributed by atoms with E-state index < -0.39 is 0 Å². The molecule has 2 aromatic carbocycles. The number of aromatic amines is 1. The van der Waals surface area contributed by atoms with Crippen molar-refractivity contribution >= 4 is 33.1 Å². The predicted molar refractivity (Wildman–Crippen MR) is 83.9 cm³/mol. The fraction of sp³-hybridized carbons (Fsp3) is 0.0588. The van der Waals surface area contributed by atoms with Crippen LogP contribution in [0.2, 0.25) is 0 Å². The van der Waals surface area contributed by atoms with Crippen LogP contribution in [0.5, 0.6) is 0 Å². The summed E-state index contributed by atoms with van der Waals surface area (Å²) in [6, 6.07) is 19.4. The van der Waals surface area contributed by atoms with Crippen LogP contribution in [0.25, 0.3) is 32.2 Å². The molecule has 2 heterocycles. The zero-order chi connectivity index (χ0) is 12.8. The van der Waals surface area contributed by atoms with Crippen molar-refractivity contribution in [2.45, 2.75) is 6.92 Å². The standard InChI is InChI=1S/C17H13NS/c1-11-9-10-16(19-11)14-7-4-6-13-12-5-2-3-8-15(12)18-17(13)14/h2-10,18H,1H3. The van der Waals surface area contributed by atoms with Crippen molar-refractivity contribution in [1.82, 2.24) is 4.98 Å². The lowest BCUT2D eigenvalue weighted by Crippen LogP contribution is -1.75. The van der Waals surface area contributed by atoms with E-state index in [2.05, 4.69) is 66.5 Å². The van der Waals surface area contributed by atoms with Crippen molar-refractivity contribution < 1.29 is 0 Å². The summed E-state index contributed by atoms with van der Waals surface area (Å²) in [7, 11) is 0. The summed E-state index contributed by atoms with van der Waals surface area (Å²) in [5.41, 5.74) is 3.75. The number of hydrogen-bond acceptors (Lipinski definition) is 1. The maximum Gasteiger partial charge on any atom is 0.0552 e. The summed E-state index contributed by atoms with van der Waals surface area (Å²) in [6.45, 7) is 2.15. The molecule has 0 fully saturated rings.